The van der Waals surface area contributed by atoms with Crippen molar-refractivity contribution in [3.63, 3.8) is 0 Å². The molecule has 1 unspecified atom stereocenters. The Hall–Kier alpha value is -1.63. The molecule has 1 aliphatic heterocycles. The van der Waals surface area contributed by atoms with Crippen LogP contribution in [0.3, 0.4) is 0 Å². The second kappa shape index (κ2) is 6.89. The first kappa shape index (κ1) is 17.4. The molecule has 0 aromatic heterocycles. The number of esters is 3. The molecule has 7 heteroatoms. The van der Waals surface area contributed by atoms with Gasteiger partial charge < -0.3 is 18.9 Å². The number of ether oxygens (including phenoxy) is 4. The third-order valence-corrected chi connectivity index (χ3v) is 3.23. The molecule has 1 rings (SSSR count). The van der Waals surface area contributed by atoms with Gasteiger partial charge in [0.15, 0.2) is 11.0 Å². The SMILES string of the molecule is CCOC(=O)C1(CC(C)(C(=O)OCC)C(=O)OCC)CO1. The first-order valence-corrected chi connectivity index (χ1v) is 7.02. The van der Waals surface area contributed by atoms with Crippen LogP contribution in [0.4, 0.5) is 0 Å². The summed E-state index contributed by atoms with van der Waals surface area (Å²) in [6.07, 6.45) is -0.156. The van der Waals surface area contributed by atoms with Crippen molar-refractivity contribution in [2.75, 3.05) is 26.4 Å². The molecule has 1 fully saturated rings. The van der Waals surface area contributed by atoms with Crippen LogP contribution in [-0.2, 0) is 33.3 Å². The predicted molar refractivity (Wildman–Crippen MR) is 71.3 cm³/mol. The highest BCUT2D eigenvalue weighted by Gasteiger charge is 2.62. The molecule has 0 aromatic rings. The monoisotopic (exact) mass is 302 g/mol. The summed E-state index contributed by atoms with van der Waals surface area (Å²) in [7, 11) is 0. The van der Waals surface area contributed by atoms with Crippen LogP contribution in [0.15, 0.2) is 0 Å². The Labute approximate surface area is 123 Å². The van der Waals surface area contributed by atoms with Crippen molar-refractivity contribution >= 4 is 17.9 Å². The lowest BCUT2D eigenvalue weighted by Gasteiger charge is -2.26. The van der Waals surface area contributed by atoms with E-state index in [-0.39, 0.29) is 32.8 Å². The van der Waals surface area contributed by atoms with Gasteiger partial charge in [-0.05, 0) is 27.7 Å². The maximum atomic E-state index is 12.1. The van der Waals surface area contributed by atoms with Gasteiger partial charge in [-0.1, -0.05) is 0 Å². The van der Waals surface area contributed by atoms with E-state index in [4.69, 9.17) is 18.9 Å². The summed E-state index contributed by atoms with van der Waals surface area (Å²) in [6, 6.07) is 0. The summed E-state index contributed by atoms with van der Waals surface area (Å²) in [5.41, 5.74) is -2.86. The van der Waals surface area contributed by atoms with Gasteiger partial charge in [0.2, 0.25) is 0 Å². The molecule has 0 saturated carbocycles. The second-order valence-corrected chi connectivity index (χ2v) is 4.95. The number of carbonyl (C=O) groups excluding carboxylic acids is 3. The third kappa shape index (κ3) is 3.72. The minimum Gasteiger partial charge on any atom is -0.465 e. The van der Waals surface area contributed by atoms with Crippen LogP contribution >= 0.6 is 0 Å². The molecule has 1 heterocycles. The van der Waals surface area contributed by atoms with Gasteiger partial charge in [-0.25, -0.2) is 4.79 Å². The van der Waals surface area contributed by atoms with Crippen molar-refractivity contribution in [2.45, 2.75) is 39.7 Å². The Morgan fingerprint density at radius 3 is 1.76 bits per heavy atom. The molecular formula is C14H22O7. The summed E-state index contributed by atoms with van der Waals surface area (Å²) in [6.45, 7) is 6.90. The van der Waals surface area contributed by atoms with Crippen LogP contribution in [0.25, 0.3) is 0 Å². The van der Waals surface area contributed by atoms with Crippen LogP contribution in [0.1, 0.15) is 34.1 Å². The van der Waals surface area contributed by atoms with Gasteiger partial charge in [-0.2, -0.15) is 0 Å². The first-order valence-electron chi connectivity index (χ1n) is 7.02. The molecular weight excluding hydrogens is 280 g/mol. The Bertz CT molecular complexity index is 394. The fourth-order valence-electron chi connectivity index (χ4n) is 2.02. The van der Waals surface area contributed by atoms with Crippen LogP contribution in [0.2, 0.25) is 0 Å². The zero-order chi connectivity index (χ0) is 16.1. The number of carbonyl (C=O) groups is 3. The van der Waals surface area contributed by atoms with Crippen molar-refractivity contribution in [2.24, 2.45) is 5.41 Å². The van der Waals surface area contributed by atoms with E-state index < -0.39 is 28.9 Å². The zero-order valence-corrected chi connectivity index (χ0v) is 12.9. The van der Waals surface area contributed by atoms with Gasteiger partial charge >= 0.3 is 17.9 Å². The van der Waals surface area contributed by atoms with Crippen LogP contribution < -0.4 is 0 Å². The zero-order valence-electron chi connectivity index (χ0n) is 12.9. The molecule has 0 bridgehead atoms. The number of epoxide rings is 1. The van der Waals surface area contributed by atoms with Gasteiger partial charge in [0, 0.05) is 6.42 Å². The smallest absolute Gasteiger partial charge is 0.340 e. The van der Waals surface area contributed by atoms with E-state index in [1.54, 1.807) is 20.8 Å². The van der Waals surface area contributed by atoms with Gasteiger partial charge in [-0.15, -0.1) is 0 Å². The molecule has 7 nitrogen and oxygen atoms in total. The summed E-state index contributed by atoms with van der Waals surface area (Å²) in [5.74, 6) is -2.05. The number of hydrogen-bond acceptors (Lipinski definition) is 7. The summed E-state index contributed by atoms with van der Waals surface area (Å²) in [5, 5.41) is 0. The predicted octanol–water partition coefficient (Wildman–Crippen LogP) is 0.841. The average Bonchev–Trinajstić information content (AvgIpc) is 3.20. The van der Waals surface area contributed by atoms with E-state index in [9.17, 15) is 14.4 Å². The molecule has 0 amide bonds. The Morgan fingerprint density at radius 1 is 1.00 bits per heavy atom. The molecule has 1 saturated heterocycles. The highest BCUT2D eigenvalue weighted by molar-refractivity contribution is 6.00. The van der Waals surface area contributed by atoms with Crippen LogP contribution in [0.5, 0.6) is 0 Å². The van der Waals surface area contributed by atoms with Crippen LogP contribution in [-0.4, -0.2) is 49.9 Å². The van der Waals surface area contributed by atoms with Gasteiger partial charge in [0.25, 0.3) is 0 Å². The third-order valence-electron chi connectivity index (χ3n) is 3.23. The number of rotatable bonds is 8. The van der Waals surface area contributed by atoms with Crippen molar-refractivity contribution in [1.82, 2.24) is 0 Å². The van der Waals surface area contributed by atoms with Gasteiger partial charge in [0.05, 0.1) is 26.4 Å². The standard InChI is InChI=1S/C14H22O7/c1-5-18-10(15)13(4,11(16)19-6-2)8-14(9-21-14)12(17)20-7-3/h5-9H2,1-4H3. The highest BCUT2D eigenvalue weighted by atomic mass is 16.6. The Balaban J connectivity index is 2.95. The van der Waals surface area contributed by atoms with E-state index in [0.717, 1.165) is 0 Å². The van der Waals surface area contributed by atoms with E-state index in [1.165, 1.54) is 6.92 Å². The molecule has 21 heavy (non-hydrogen) atoms. The minimum atomic E-state index is -1.60. The van der Waals surface area contributed by atoms with Gasteiger partial charge in [0.1, 0.15) is 0 Å². The highest BCUT2D eigenvalue weighted by Crippen LogP contribution is 2.42. The summed E-state index contributed by atoms with van der Waals surface area (Å²) in [4.78, 5) is 36.2. The van der Waals surface area contributed by atoms with Crippen molar-refractivity contribution in [3.05, 3.63) is 0 Å². The Kier molecular flexibility index (Phi) is 5.71. The lowest BCUT2D eigenvalue weighted by atomic mass is 9.80. The van der Waals surface area contributed by atoms with Crippen molar-refractivity contribution < 1.29 is 33.3 Å². The molecule has 0 radical (unpaired) electrons. The first-order chi connectivity index (χ1) is 9.86. The number of hydrogen-bond donors (Lipinski definition) is 0. The lowest BCUT2D eigenvalue weighted by Crippen LogP contribution is -2.45. The molecule has 0 aromatic carbocycles. The normalized spacial score (nSPS) is 20.6. The molecule has 0 aliphatic carbocycles. The maximum Gasteiger partial charge on any atom is 0.340 e. The minimum absolute atomic E-state index is 0.111. The fraction of sp³-hybridized carbons (Fsp3) is 0.786. The lowest BCUT2D eigenvalue weighted by molar-refractivity contribution is -0.173. The van der Waals surface area contributed by atoms with Crippen molar-refractivity contribution in [1.29, 1.82) is 0 Å². The fourth-order valence-corrected chi connectivity index (χ4v) is 2.02. The van der Waals surface area contributed by atoms with Gasteiger partial charge in [-0.3, -0.25) is 9.59 Å². The molecule has 0 N–H and O–H groups in total. The summed E-state index contributed by atoms with van der Waals surface area (Å²) >= 11 is 0. The maximum absolute atomic E-state index is 12.1. The van der Waals surface area contributed by atoms with E-state index in [2.05, 4.69) is 0 Å². The summed E-state index contributed by atoms with van der Waals surface area (Å²) < 4.78 is 20.0. The molecule has 0 spiro atoms. The largest absolute Gasteiger partial charge is 0.465 e. The van der Waals surface area contributed by atoms with Crippen LogP contribution in [0, 0.1) is 5.41 Å². The molecule has 1 aliphatic rings. The van der Waals surface area contributed by atoms with Crippen molar-refractivity contribution in [3.8, 4) is 0 Å². The molecule has 1 atom stereocenters. The quantitative estimate of drug-likeness (QED) is 0.284. The van der Waals surface area contributed by atoms with E-state index in [1.807, 2.05) is 0 Å². The van der Waals surface area contributed by atoms with E-state index in [0.29, 0.717) is 0 Å². The Morgan fingerprint density at radius 2 is 1.43 bits per heavy atom. The average molecular weight is 302 g/mol. The van der Waals surface area contributed by atoms with E-state index >= 15 is 0 Å². The molecule has 120 valence electrons. The topological polar surface area (TPSA) is 91.4 Å². The second-order valence-electron chi connectivity index (χ2n) is 4.95.